The Kier molecular flexibility index (Phi) is 10.9. The molecular weight excluding hydrogens is 540 g/mol. The maximum Gasteiger partial charge on any atom is 0.237 e. The summed E-state index contributed by atoms with van der Waals surface area (Å²) in [6, 6.07) is 10.6. The smallest absolute Gasteiger partial charge is 0.237 e. The molecule has 5 nitrogen and oxygen atoms in total. The maximum absolute atomic E-state index is 12.6. The van der Waals surface area contributed by atoms with Crippen molar-refractivity contribution in [3.05, 3.63) is 67.6 Å². The number of hydrogen-bond acceptors (Lipinski definition) is 4. The third kappa shape index (κ3) is 7.83. The molecule has 2 N–H and O–H groups in total. The molecule has 0 aromatic heterocycles. The van der Waals surface area contributed by atoms with Crippen LogP contribution in [0.2, 0.25) is 20.1 Å². The molecule has 2 aromatic carbocycles. The molecule has 9 heteroatoms. The van der Waals surface area contributed by atoms with E-state index < -0.39 is 0 Å². The normalized spacial score (nSPS) is 19.6. The molecule has 2 aromatic rings. The first-order valence-electron chi connectivity index (χ1n) is 12.3. The molecular formula is C27H33Cl4N3O2. The van der Waals surface area contributed by atoms with Crippen LogP contribution in [0.3, 0.4) is 0 Å². The van der Waals surface area contributed by atoms with E-state index in [9.17, 15) is 9.59 Å². The monoisotopic (exact) mass is 571 g/mol. The summed E-state index contributed by atoms with van der Waals surface area (Å²) in [7, 11) is 1.80. The van der Waals surface area contributed by atoms with Crippen LogP contribution in [0.4, 0.5) is 0 Å². The lowest BCUT2D eigenvalue weighted by Crippen LogP contribution is -2.52. The number of nitrogens with zero attached hydrogens (tertiary/aromatic N) is 1. The molecule has 1 saturated heterocycles. The summed E-state index contributed by atoms with van der Waals surface area (Å²) in [6.45, 7) is 5.24. The third-order valence-electron chi connectivity index (χ3n) is 6.89. The molecule has 0 radical (unpaired) electrons. The average molecular weight is 573 g/mol. The SMILES string of the molecule is CCN1CCCC(NC(=O)C(Cc2ccc(Cl)cc2Cl)NC)C1.O=CC1(c2ccc(Cl)cc2Cl)CC1. The van der Waals surface area contributed by atoms with E-state index in [1.165, 1.54) is 0 Å². The minimum absolute atomic E-state index is 0.0291. The van der Waals surface area contributed by atoms with Crippen molar-refractivity contribution in [3.8, 4) is 0 Å². The van der Waals surface area contributed by atoms with Gasteiger partial charge < -0.3 is 20.3 Å². The summed E-state index contributed by atoms with van der Waals surface area (Å²) >= 11 is 23.9. The van der Waals surface area contributed by atoms with E-state index >= 15 is 0 Å². The highest BCUT2D eigenvalue weighted by atomic mass is 35.5. The summed E-state index contributed by atoms with van der Waals surface area (Å²) in [6.07, 6.45) is 5.51. The number of halogens is 4. The number of rotatable bonds is 8. The zero-order valence-electron chi connectivity index (χ0n) is 20.6. The molecule has 1 saturated carbocycles. The summed E-state index contributed by atoms with van der Waals surface area (Å²) < 4.78 is 0. The Morgan fingerprint density at radius 1 is 1.11 bits per heavy atom. The zero-order valence-corrected chi connectivity index (χ0v) is 23.7. The largest absolute Gasteiger partial charge is 0.351 e. The molecule has 2 fully saturated rings. The molecule has 0 spiro atoms. The fourth-order valence-corrected chi connectivity index (χ4v) is 5.56. The quantitative estimate of drug-likeness (QED) is 0.384. The van der Waals surface area contributed by atoms with E-state index in [0.29, 0.717) is 26.5 Å². The Morgan fingerprint density at radius 3 is 2.33 bits per heavy atom. The second kappa shape index (κ2) is 13.5. The van der Waals surface area contributed by atoms with Crippen LogP contribution in [0, 0.1) is 0 Å². The van der Waals surface area contributed by atoms with E-state index in [0.717, 1.165) is 62.7 Å². The highest BCUT2D eigenvalue weighted by Gasteiger charge is 2.45. The van der Waals surface area contributed by atoms with E-state index in [4.69, 9.17) is 46.4 Å². The Morgan fingerprint density at radius 2 is 1.78 bits per heavy atom. The van der Waals surface area contributed by atoms with Gasteiger partial charge in [0.25, 0.3) is 0 Å². The lowest BCUT2D eigenvalue weighted by molar-refractivity contribution is -0.124. The van der Waals surface area contributed by atoms with Crippen molar-refractivity contribution in [2.24, 2.45) is 0 Å². The number of hydrogen-bond donors (Lipinski definition) is 2. The van der Waals surface area contributed by atoms with Crippen LogP contribution in [0.25, 0.3) is 0 Å². The van der Waals surface area contributed by atoms with Gasteiger partial charge in [-0.15, -0.1) is 0 Å². The zero-order chi connectivity index (χ0) is 26.3. The molecule has 2 atom stereocenters. The summed E-state index contributed by atoms with van der Waals surface area (Å²) in [4.78, 5) is 25.8. The minimum atomic E-state index is -0.304. The molecule has 196 valence electrons. The predicted octanol–water partition coefficient (Wildman–Crippen LogP) is 5.95. The summed E-state index contributed by atoms with van der Waals surface area (Å²) in [5.41, 5.74) is 1.53. The van der Waals surface area contributed by atoms with E-state index in [-0.39, 0.29) is 23.4 Å². The van der Waals surface area contributed by atoms with Gasteiger partial charge in [-0.2, -0.15) is 0 Å². The van der Waals surface area contributed by atoms with Crippen LogP contribution < -0.4 is 10.6 Å². The van der Waals surface area contributed by atoms with Gasteiger partial charge in [0.1, 0.15) is 6.29 Å². The van der Waals surface area contributed by atoms with Crippen molar-refractivity contribution in [2.45, 2.75) is 56.5 Å². The molecule has 4 rings (SSSR count). The first kappa shape index (κ1) is 29.2. The van der Waals surface area contributed by atoms with Crippen LogP contribution in [0.15, 0.2) is 36.4 Å². The van der Waals surface area contributed by atoms with Gasteiger partial charge in [-0.3, -0.25) is 4.79 Å². The lowest BCUT2D eigenvalue weighted by Gasteiger charge is -2.33. The van der Waals surface area contributed by atoms with Gasteiger partial charge in [0.15, 0.2) is 0 Å². The topological polar surface area (TPSA) is 61.4 Å². The number of likely N-dealkylation sites (tertiary alicyclic amines) is 1. The number of piperidine rings is 1. The number of likely N-dealkylation sites (N-methyl/N-ethyl adjacent to an activating group) is 2. The van der Waals surface area contributed by atoms with Crippen LogP contribution in [-0.2, 0) is 21.4 Å². The third-order valence-corrected chi connectivity index (χ3v) is 8.02. The van der Waals surface area contributed by atoms with E-state index in [1.807, 2.05) is 12.1 Å². The predicted molar refractivity (Wildman–Crippen MR) is 150 cm³/mol. The number of amides is 1. The van der Waals surface area contributed by atoms with Crippen LogP contribution in [-0.4, -0.2) is 55.9 Å². The fourth-order valence-electron chi connectivity index (χ4n) is 4.47. The van der Waals surface area contributed by atoms with Crippen molar-refractivity contribution < 1.29 is 9.59 Å². The van der Waals surface area contributed by atoms with E-state index in [1.54, 1.807) is 31.3 Å². The second-order valence-corrected chi connectivity index (χ2v) is 11.1. The molecule has 0 bridgehead atoms. The van der Waals surface area contributed by atoms with Crippen molar-refractivity contribution in [2.75, 3.05) is 26.7 Å². The van der Waals surface area contributed by atoms with Crippen molar-refractivity contribution >= 4 is 58.6 Å². The average Bonchev–Trinajstić information content (AvgIpc) is 3.65. The number of nitrogens with one attached hydrogen (secondary N) is 2. The minimum Gasteiger partial charge on any atom is -0.351 e. The number of aldehydes is 1. The molecule has 1 aliphatic carbocycles. The number of carbonyl (C=O) groups excluding carboxylic acids is 2. The molecule has 2 unspecified atom stereocenters. The molecule has 1 amide bonds. The molecule has 36 heavy (non-hydrogen) atoms. The van der Waals surface area contributed by atoms with Crippen LogP contribution in [0.1, 0.15) is 43.7 Å². The second-order valence-electron chi connectivity index (χ2n) is 9.42. The first-order chi connectivity index (χ1) is 17.2. The summed E-state index contributed by atoms with van der Waals surface area (Å²) in [5, 5.41) is 8.66. The van der Waals surface area contributed by atoms with Crippen molar-refractivity contribution in [3.63, 3.8) is 0 Å². The van der Waals surface area contributed by atoms with Gasteiger partial charge in [0, 0.05) is 32.7 Å². The molecule has 1 aliphatic heterocycles. The number of carbonyl (C=O) groups is 2. The van der Waals surface area contributed by atoms with Gasteiger partial charge in [-0.25, -0.2) is 0 Å². The van der Waals surface area contributed by atoms with Gasteiger partial charge in [0.2, 0.25) is 5.91 Å². The van der Waals surface area contributed by atoms with Gasteiger partial charge >= 0.3 is 0 Å². The highest BCUT2D eigenvalue weighted by molar-refractivity contribution is 6.35. The van der Waals surface area contributed by atoms with Crippen LogP contribution >= 0.6 is 46.4 Å². The van der Waals surface area contributed by atoms with Gasteiger partial charge in [-0.05, 0) is 87.6 Å². The molecule has 1 heterocycles. The Labute approximate surface area is 233 Å². The lowest BCUT2D eigenvalue weighted by atomic mass is 9.98. The Bertz CT molecular complexity index is 1060. The number of benzene rings is 2. The standard InChI is InChI=1S/C17H25Cl2N3O.C10H8Cl2O/c1-3-22-8-4-5-14(11-22)21-17(23)16(20-2)9-12-6-7-13(18)10-15(12)19;11-7-1-2-8(9(12)5-7)10(6-13)3-4-10/h6-7,10,14,16,20H,3-5,8-9,11H2,1-2H3,(H,21,23);1-2,5-6H,3-4H2. The van der Waals surface area contributed by atoms with Gasteiger partial charge in [-0.1, -0.05) is 65.5 Å². The van der Waals surface area contributed by atoms with Crippen molar-refractivity contribution in [1.29, 1.82) is 0 Å². The fraction of sp³-hybridized carbons (Fsp3) is 0.481. The van der Waals surface area contributed by atoms with Crippen molar-refractivity contribution in [1.82, 2.24) is 15.5 Å². The Hall–Kier alpha value is -1.34. The Balaban J connectivity index is 0.000000233. The highest BCUT2D eigenvalue weighted by Crippen LogP contribution is 2.49. The maximum atomic E-state index is 12.6. The van der Waals surface area contributed by atoms with E-state index in [2.05, 4.69) is 22.5 Å². The van der Waals surface area contributed by atoms with Crippen LogP contribution in [0.5, 0.6) is 0 Å². The first-order valence-corrected chi connectivity index (χ1v) is 13.8. The molecule has 2 aliphatic rings. The van der Waals surface area contributed by atoms with Gasteiger partial charge in [0.05, 0.1) is 11.5 Å². The summed E-state index contributed by atoms with van der Waals surface area (Å²) in [5.74, 6) is 0.0291.